The summed E-state index contributed by atoms with van der Waals surface area (Å²) < 4.78 is 33.5. The van der Waals surface area contributed by atoms with Crippen molar-refractivity contribution < 1.29 is 27.9 Å². The van der Waals surface area contributed by atoms with E-state index in [0.29, 0.717) is 11.7 Å². The van der Waals surface area contributed by atoms with Crippen molar-refractivity contribution in [1.82, 2.24) is 25.3 Å². The number of benzene rings is 1. The molecule has 4 rings (SSSR count). The maximum Gasteiger partial charge on any atom is 0.490 e. The molecule has 1 aliphatic heterocycles. The van der Waals surface area contributed by atoms with E-state index in [9.17, 15) is 18.0 Å². The second-order valence-electron chi connectivity index (χ2n) is 6.73. The molecule has 3 N–H and O–H groups in total. The van der Waals surface area contributed by atoms with Gasteiger partial charge >= 0.3 is 12.1 Å². The van der Waals surface area contributed by atoms with Crippen molar-refractivity contribution in [3.05, 3.63) is 48.4 Å². The van der Waals surface area contributed by atoms with Crippen LogP contribution in [0.2, 0.25) is 0 Å². The third-order valence-corrected chi connectivity index (χ3v) is 4.53. The van der Waals surface area contributed by atoms with Gasteiger partial charge in [-0.2, -0.15) is 13.2 Å². The van der Waals surface area contributed by atoms with Crippen LogP contribution >= 0.6 is 0 Å². The molecule has 2 aromatic heterocycles. The number of alkyl halides is 3. The highest BCUT2D eigenvalue weighted by atomic mass is 19.4. The molecule has 1 amide bonds. The molecule has 0 spiro atoms. The van der Waals surface area contributed by atoms with Crippen LogP contribution in [0.4, 0.5) is 18.9 Å². The van der Waals surface area contributed by atoms with Crippen LogP contribution in [0.15, 0.2) is 42.7 Å². The highest BCUT2D eigenvalue weighted by Crippen LogP contribution is 2.19. The molecule has 0 radical (unpaired) electrons. The van der Waals surface area contributed by atoms with Crippen LogP contribution in [0.3, 0.4) is 0 Å². The van der Waals surface area contributed by atoms with Crippen molar-refractivity contribution in [2.45, 2.75) is 25.1 Å². The van der Waals surface area contributed by atoms with Gasteiger partial charge in [-0.3, -0.25) is 9.78 Å². The minimum absolute atomic E-state index is 0.251. The number of halogens is 3. The number of amides is 1. The van der Waals surface area contributed by atoms with E-state index >= 15 is 0 Å². The molecule has 1 saturated heterocycles. The first-order chi connectivity index (χ1) is 14.7. The van der Waals surface area contributed by atoms with Gasteiger partial charge in [0, 0.05) is 17.3 Å². The summed E-state index contributed by atoms with van der Waals surface area (Å²) in [6.45, 7) is 1.94. The van der Waals surface area contributed by atoms with Crippen molar-refractivity contribution in [2.24, 2.45) is 0 Å². The summed E-state index contributed by atoms with van der Waals surface area (Å²) in [5, 5.41) is 22.4. The third-order valence-electron chi connectivity index (χ3n) is 4.53. The van der Waals surface area contributed by atoms with Crippen LogP contribution in [0, 0.1) is 0 Å². The maximum absolute atomic E-state index is 12.4. The number of rotatable bonds is 3. The van der Waals surface area contributed by atoms with Crippen molar-refractivity contribution in [3.8, 4) is 0 Å². The number of aromatic nitrogens is 4. The minimum Gasteiger partial charge on any atom is -0.475 e. The fourth-order valence-corrected chi connectivity index (χ4v) is 2.98. The van der Waals surface area contributed by atoms with E-state index in [0.717, 1.165) is 42.5 Å². The van der Waals surface area contributed by atoms with Gasteiger partial charge in [-0.05, 0) is 50.2 Å². The summed E-state index contributed by atoms with van der Waals surface area (Å²) in [4.78, 5) is 25.6. The zero-order valence-corrected chi connectivity index (χ0v) is 16.1. The largest absolute Gasteiger partial charge is 0.490 e. The number of carbonyl (C=O) groups is 2. The number of nitrogens with one attached hydrogen (secondary N) is 2. The van der Waals surface area contributed by atoms with Crippen molar-refractivity contribution in [1.29, 1.82) is 0 Å². The molecule has 1 fully saturated rings. The Morgan fingerprint density at radius 3 is 2.58 bits per heavy atom. The summed E-state index contributed by atoms with van der Waals surface area (Å²) >= 11 is 0. The van der Waals surface area contributed by atoms with Crippen LogP contribution in [0.25, 0.3) is 10.9 Å². The Hall–Kier alpha value is -3.54. The topological polar surface area (TPSA) is 122 Å². The summed E-state index contributed by atoms with van der Waals surface area (Å²) in [6.07, 6.45) is 0.401. The first-order valence-corrected chi connectivity index (χ1v) is 9.33. The maximum atomic E-state index is 12.4. The monoisotopic (exact) mass is 436 g/mol. The second-order valence-corrected chi connectivity index (χ2v) is 6.73. The number of carboxylic acid groups (broad SMARTS) is 1. The highest BCUT2D eigenvalue weighted by molar-refractivity contribution is 6.03. The van der Waals surface area contributed by atoms with Crippen molar-refractivity contribution in [3.63, 3.8) is 0 Å². The van der Waals surface area contributed by atoms with Gasteiger partial charge in [0.25, 0.3) is 5.91 Å². The number of aliphatic carboxylic acids is 1. The van der Waals surface area contributed by atoms with Gasteiger partial charge in [-0.1, -0.05) is 11.3 Å². The number of piperidine rings is 1. The van der Waals surface area contributed by atoms with E-state index in [4.69, 9.17) is 9.90 Å². The lowest BCUT2D eigenvalue weighted by Gasteiger charge is -2.22. The molecule has 3 aromatic rings. The Balaban J connectivity index is 0.000000339. The minimum atomic E-state index is -5.08. The first kappa shape index (κ1) is 22.2. The lowest BCUT2D eigenvalue weighted by Crippen LogP contribution is -2.29. The fraction of sp³-hybridized carbons (Fsp3) is 0.316. The summed E-state index contributed by atoms with van der Waals surface area (Å²) in [5.41, 5.74) is 1.95. The predicted octanol–water partition coefficient (Wildman–Crippen LogP) is 2.64. The number of carboxylic acids is 1. The zero-order valence-electron chi connectivity index (χ0n) is 16.1. The quantitative estimate of drug-likeness (QED) is 0.577. The van der Waals surface area contributed by atoms with Crippen molar-refractivity contribution >= 4 is 28.5 Å². The Morgan fingerprint density at radius 2 is 1.90 bits per heavy atom. The van der Waals surface area contributed by atoms with E-state index in [2.05, 4.69) is 25.9 Å². The second kappa shape index (κ2) is 9.51. The van der Waals surface area contributed by atoms with E-state index in [1.54, 1.807) is 17.1 Å². The lowest BCUT2D eigenvalue weighted by atomic mass is 10.1. The van der Waals surface area contributed by atoms with Crippen LogP contribution in [-0.2, 0) is 4.79 Å². The standard InChI is InChI=1S/C17H18N6O.C2HF3O2/c24-17(16-11-23(22-21-16)14-5-8-18-9-6-14)20-13-3-4-15-12(10-13)2-1-7-19-15;3-2(4,5)1(6)7/h1-4,7,10-11,14,18H,5-6,8-9H2,(H,20,24);(H,6,7). The average molecular weight is 436 g/mol. The predicted molar refractivity (Wildman–Crippen MR) is 105 cm³/mol. The molecular formula is C19H19F3N6O3. The molecule has 31 heavy (non-hydrogen) atoms. The number of hydrogen-bond donors (Lipinski definition) is 3. The first-order valence-electron chi connectivity index (χ1n) is 9.33. The molecule has 1 aliphatic rings. The molecule has 3 heterocycles. The van der Waals surface area contributed by atoms with Gasteiger partial charge in [0.1, 0.15) is 0 Å². The molecule has 0 saturated carbocycles. The average Bonchev–Trinajstić information content (AvgIpc) is 3.25. The molecule has 12 heteroatoms. The van der Waals surface area contributed by atoms with Crippen LogP contribution in [-0.4, -0.2) is 56.2 Å². The Kier molecular flexibility index (Phi) is 6.80. The molecule has 164 valence electrons. The molecule has 0 unspecified atom stereocenters. The SMILES string of the molecule is O=C(Nc1ccc2ncccc2c1)c1cn(C2CCNCC2)nn1.O=C(O)C(F)(F)F. The van der Waals surface area contributed by atoms with Crippen molar-refractivity contribution in [2.75, 3.05) is 18.4 Å². The molecule has 0 atom stereocenters. The number of hydrogen-bond acceptors (Lipinski definition) is 6. The molecule has 0 aliphatic carbocycles. The lowest BCUT2D eigenvalue weighted by molar-refractivity contribution is -0.192. The number of anilines is 1. The van der Waals surface area contributed by atoms with Crippen LogP contribution < -0.4 is 10.6 Å². The summed E-state index contributed by atoms with van der Waals surface area (Å²) in [7, 11) is 0. The Morgan fingerprint density at radius 1 is 1.19 bits per heavy atom. The van der Waals surface area contributed by atoms with E-state index in [1.807, 2.05) is 30.3 Å². The summed E-state index contributed by atoms with van der Waals surface area (Å²) in [5.74, 6) is -3.01. The van der Waals surface area contributed by atoms with Crippen LogP contribution in [0.5, 0.6) is 0 Å². The number of fused-ring (bicyclic) bond motifs is 1. The molecule has 0 bridgehead atoms. The number of nitrogens with zero attached hydrogens (tertiary/aromatic N) is 4. The Bertz CT molecular complexity index is 1060. The van der Waals surface area contributed by atoms with Gasteiger partial charge in [0.15, 0.2) is 5.69 Å². The van der Waals surface area contributed by atoms with Gasteiger partial charge in [-0.25, -0.2) is 9.48 Å². The van der Waals surface area contributed by atoms with Crippen LogP contribution in [0.1, 0.15) is 29.4 Å². The van der Waals surface area contributed by atoms with Gasteiger partial charge < -0.3 is 15.7 Å². The molecule has 9 nitrogen and oxygen atoms in total. The van der Waals surface area contributed by atoms with E-state index < -0.39 is 12.1 Å². The zero-order chi connectivity index (χ0) is 22.4. The van der Waals surface area contributed by atoms with E-state index in [1.165, 1.54) is 0 Å². The highest BCUT2D eigenvalue weighted by Gasteiger charge is 2.38. The molecule has 1 aromatic carbocycles. The number of pyridine rings is 1. The Labute approximate surface area is 174 Å². The van der Waals surface area contributed by atoms with E-state index in [-0.39, 0.29) is 5.91 Å². The number of carbonyl (C=O) groups excluding carboxylic acids is 1. The smallest absolute Gasteiger partial charge is 0.475 e. The normalized spacial score (nSPS) is 14.5. The van der Waals surface area contributed by atoms with Gasteiger partial charge in [-0.15, -0.1) is 5.10 Å². The molecular weight excluding hydrogens is 417 g/mol. The van der Waals surface area contributed by atoms with Gasteiger partial charge in [0.05, 0.1) is 17.8 Å². The summed E-state index contributed by atoms with van der Waals surface area (Å²) in [6, 6.07) is 9.77. The third kappa shape index (κ3) is 5.98. The van der Waals surface area contributed by atoms with Gasteiger partial charge in [0.2, 0.25) is 0 Å². The fourth-order valence-electron chi connectivity index (χ4n) is 2.98.